The number of rotatable bonds is 3. The van der Waals surface area contributed by atoms with Crippen molar-refractivity contribution in [1.29, 1.82) is 0 Å². The minimum absolute atomic E-state index is 0.320. The van der Waals surface area contributed by atoms with Gasteiger partial charge < -0.3 is 10.1 Å². The van der Waals surface area contributed by atoms with E-state index in [1.54, 1.807) is 14.0 Å². The summed E-state index contributed by atoms with van der Waals surface area (Å²) in [6.45, 7) is 2.08. The molecule has 7 heteroatoms. The third-order valence-corrected chi connectivity index (χ3v) is 4.06. The van der Waals surface area contributed by atoms with E-state index in [-0.39, 0.29) is 0 Å². The van der Waals surface area contributed by atoms with E-state index in [1.165, 1.54) is 0 Å². The Morgan fingerprint density at radius 3 is 2.56 bits per heavy atom. The average molecular weight is 354 g/mol. The molecule has 3 rings (SSSR count). The minimum atomic E-state index is -0.481. The number of amides is 1. The van der Waals surface area contributed by atoms with Crippen molar-refractivity contribution >= 4 is 34.8 Å². The van der Waals surface area contributed by atoms with Gasteiger partial charge in [-0.1, -0.05) is 30.3 Å². The van der Waals surface area contributed by atoms with Gasteiger partial charge in [0.1, 0.15) is 0 Å². The first-order valence-corrected chi connectivity index (χ1v) is 8.28. The number of fused-ring (bicyclic) bond motifs is 3. The molecule has 3 N–H and O–H groups in total. The molecule has 128 valence electrons. The molecule has 0 unspecified atom stereocenters. The molecular formula is C18H18N4O2S. The first-order valence-electron chi connectivity index (χ1n) is 7.87. The Morgan fingerprint density at radius 2 is 1.84 bits per heavy atom. The molecule has 1 aliphatic carbocycles. The van der Waals surface area contributed by atoms with Crippen molar-refractivity contribution in [2.24, 2.45) is 5.10 Å². The zero-order chi connectivity index (χ0) is 17.8. The lowest BCUT2D eigenvalue weighted by Gasteiger charge is -2.08. The lowest BCUT2D eigenvalue weighted by molar-refractivity contribution is 0.168. The van der Waals surface area contributed by atoms with Gasteiger partial charge in [-0.15, -0.1) is 0 Å². The second-order valence-corrected chi connectivity index (χ2v) is 5.71. The fraction of sp³-hybridized carbons (Fsp3) is 0.167. The van der Waals surface area contributed by atoms with Crippen LogP contribution in [0.15, 0.2) is 47.6 Å². The van der Waals surface area contributed by atoms with Crippen molar-refractivity contribution < 1.29 is 9.53 Å². The topological polar surface area (TPSA) is 74.8 Å². The molecule has 6 nitrogen and oxygen atoms in total. The molecule has 0 saturated carbocycles. The van der Waals surface area contributed by atoms with E-state index in [1.807, 2.05) is 42.5 Å². The molecule has 0 saturated heterocycles. The number of nitrogens with one attached hydrogen (secondary N) is 3. The van der Waals surface area contributed by atoms with E-state index in [2.05, 4.69) is 21.2 Å². The predicted molar refractivity (Wildman–Crippen MR) is 103 cm³/mol. The number of carbonyl (C=O) groups excluding carboxylic acids is 1. The van der Waals surface area contributed by atoms with Gasteiger partial charge in [-0.3, -0.25) is 10.7 Å². The Hall–Kier alpha value is -2.93. The maximum Gasteiger partial charge on any atom is 0.411 e. The highest BCUT2D eigenvalue weighted by molar-refractivity contribution is 7.80. The maximum absolute atomic E-state index is 11.7. The number of hydrogen-bond acceptors (Lipinski definition) is 4. The monoisotopic (exact) mass is 354 g/mol. The quantitative estimate of drug-likeness (QED) is 0.498. The van der Waals surface area contributed by atoms with Gasteiger partial charge in [0.25, 0.3) is 0 Å². The van der Waals surface area contributed by atoms with Crippen LogP contribution in [0, 0.1) is 0 Å². The number of carbonyl (C=O) groups is 1. The lowest BCUT2D eigenvalue weighted by Crippen LogP contribution is -2.29. The Balaban J connectivity index is 2.00. The van der Waals surface area contributed by atoms with Crippen LogP contribution in [0.5, 0.6) is 0 Å². The van der Waals surface area contributed by atoms with Crippen LogP contribution in [0.4, 0.5) is 10.5 Å². The fourth-order valence-electron chi connectivity index (χ4n) is 2.69. The number of thiocarbonyl (C=S) groups is 1. The van der Waals surface area contributed by atoms with Crippen molar-refractivity contribution in [3.8, 4) is 11.1 Å². The highest BCUT2D eigenvalue weighted by Crippen LogP contribution is 2.38. The molecule has 0 spiro atoms. The van der Waals surface area contributed by atoms with E-state index in [0.29, 0.717) is 17.4 Å². The molecule has 1 aliphatic rings. The van der Waals surface area contributed by atoms with Crippen LogP contribution in [0.1, 0.15) is 18.1 Å². The van der Waals surface area contributed by atoms with Crippen LogP contribution >= 0.6 is 12.2 Å². The molecule has 0 aromatic heterocycles. The van der Waals surface area contributed by atoms with Crippen LogP contribution < -0.4 is 16.1 Å². The van der Waals surface area contributed by atoms with E-state index in [4.69, 9.17) is 17.0 Å². The molecule has 2 aromatic carbocycles. The zero-order valence-electron chi connectivity index (χ0n) is 13.9. The largest absolute Gasteiger partial charge is 0.450 e. The summed E-state index contributed by atoms with van der Waals surface area (Å²) >= 11 is 5.10. The first-order chi connectivity index (χ1) is 12.1. The summed E-state index contributed by atoms with van der Waals surface area (Å²) < 4.78 is 4.93. The van der Waals surface area contributed by atoms with Crippen molar-refractivity contribution in [2.75, 3.05) is 19.0 Å². The Labute approximate surface area is 151 Å². The summed E-state index contributed by atoms with van der Waals surface area (Å²) in [6, 6.07) is 13.7. The third kappa shape index (κ3) is 3.46. The summed E-state index contributed by atoms with van der Waals surface area (Å²) in [5, 5.41) is 10.4. The summed E-state index contributed by atoms with van der Waals surface area (Å²) in [7, 11) is 1.73. The molecule has 0 radical (unpaired) electrons. The normalized spacial score (nSPS) is 13.0. The van der Waals surface area contributed by atoms with Crippen LogP contribution in [-0.2, 0) is 4.74 Å². The molecule has 1 amide bonds. The summed E-state index contributed by atoms with van der Waals surface area (Å²) in [4.78, 5) is 11.7. The highest BCUT2D eigenvalue weighted by Gasteiger charge is 2.25. The minimum Gasteiger partial charge on any atom is -0.450 e. The molecule has 2 aromatic rings. The van der Waals surface area contributed by atoms with Crippen molar-refractivity contribution in [3.63, 3.8) is 0 Å². The van der Waals surface area contributed by atoms with Crippen molar-refractivity contribution in [3.05, 3.63) is 53.6 Å². The van der Waals surface area contributed by atoms with Crippen LogP contribution in [0.2, 0.25) is 0 Å². The second kappa shape index (κ2) is 7.31. The Morgan fingerprint density at radius 1 is 1.12 bits per heavy atom. The Bertz CT molecular complexity index is 864. The first kappa shape index (κ1) is 16.9. The highest BCUT2D eigenvalue weighted by atomic mass is 32.1. The summed E-state index contributed by atoms with van der Waals surface area (Å²) in [5.41, 5.74) is 8.33. The molecule has 0 fully saturated rings. The van der Waals surface area contributed by atoms with E-state index in [9.17, 15) is 4.79 Å². The van der Waals surface area contributed by atoms with Gasteiger partial charge in [0.15, 0.2) is 5.11 Å². The molecule has 0 aliphatic heterocycles. The van der Waals surface area contributed by atoms with Gasteiger partial charge in [0, 0.05) is 23.9 Å². The smallest absolute Gasteiger partial charge is 0.411 e. The lowest BCUT2D eigenvalue weighted by atomic mass is 10.1. The molecule has 0 atom stereocenters. The number of nitrogens with zero attached hydrogens (tertiary/aromatic N) is 1. The summed E-state index contributed by atoms with van der Waals surface area (Å²) in [6.07, 6.45) is -0.481. The number of hydrazone groups is 1. The zero-order valence-corrected chi connectivity index (χ0v) is 14.7. The van der Waals surface area contributed by atoms with Gasteiger partial charge in [-0.2, -0.15) is 5.10 Å². The fourth-order valence-corrected chi connectivity index (χ4v) is 2.74. The maximum atomic E-state index is 11.7. The molecule has 0 heterocycles. The van der Waals surface area contributed by atoms with Gasteiger partial charge in [0.2, 0.25) is 0 Å². The number of anilines is 1. The van der Waals surface area contributed by atoms with Gasteiger partial charge in [-0.05, 0) is 42.4 Å². The number of hydrogen-bond donors (Lipinski definition) is 3. The van der Waals surface area contributed by atoms with Crippen LogP contribution in [0.25, 0.3) is 11.1 Å². The standard InChI is InChI=1S/C18H18N4O2S/c1-3-24-18(23)20-11-8-9-13-12-6-4-5-7-14(12)16(15(13)10-11)21-22-17(25)19-2/h4-10H,3H2,1-2H3,(H,20,23)(H2,19,22,25)/b21-16-. The Kier molecular flexibility index (Phi) is 4.95. The van der Waals surface area contributed by atoms with Crippen molar-refractivity contribution in [2.45, 2.75) is 6.92 Å². The van der Waals surface area contributed by atoms with Crippen molar-refractivity contribution in [1.82, 2.24) is 10.7 Å². The number of ether oxygens (including phenoxy) is 1. The molecular weight excluding hydrogens is 336 g/mol. The van der Waals surface area contributed by atoms with Gasteiger partial charge >= 0.3 is 6.09 Å². The second-order valence-electron chi connectivity index (χ2n) is 5.30. The molecule has 25 heavy (non-hydrogen) atoms. The predicted octanol–water partition coefficient (Wildman–Crippen LogP) is 3.08. The van der Waals surface area contributed by atoms with Crippen LogP contribution in [-0.4, -0.2) is 30.6 Å². The SMILES string of the molecule is CCOC(=O)Nc1ccc2c(c1)/C(=N\NC(=S)NC)c1ccccc1-2. The van der Waals surface area contributed by atoms with E-state index >= 15 is 0 Å². The van der Waals surface area contributed by atoms with Crippen LogP contribution in [0.3, 0.4) is 0 Å². The molecule has 0 bridgehead atoms. The summed E-state index contributed by atoms with van der Waals surface area (Å²) in [5.74, 6) is 0. The van der Waals surface area contributed by atoms with E-state index in [0.717, 1.165) is 28.0 Å². The van der Waals surface area contributed by atoms with Gasteiger partial charge in [0.05, 0.1) is 12.3 Å². The third-order valence-electron chi connectivity index (χ3n) is 3.77. The average Bonchev–Trinajstić information content (AvgIpc) is 2.93. The number of benzene rings is 2. The van der Waals surface area contributed by atoms with Gasteiger partial charge in [-0.25, -0.2) is 4.79 Å². The van der Waals surface area contributed by atoms with E-state index < -0.39 is 6.09 Å².